The molecule has 0 saturated heterocycles. The third-order valence-corrected chi connectivity index (χ3v) is 3.37. The summed E-state index contributed by atoms with van der Waals surface area (Å²) in [6, 6.07) is -0.669. The third-order valence-electron chi connectivity index (χ3n) is 3.37. The second-order valence-corrected chi connectivity index (χ2v) is 5.08. The number of likely N-dealkylation sites (N-methyl/N-ethyl adjacent to an activating group) is 1. The lowest BCUT2D eigenvalue weighted by molar-refractivity contribution is -0.128. The van der Waals surface area contributed by atoms with Gasteiger partial charge in [-0.3, -0.25) is 9.59 Å². The largest absolute Gasteiger partial charge is 0.345 e. The van der Waals surface area contributed by atoms with Crippen LogP contribution in [0.1, 0.15) is 59.3 Å². The first-order valence-corrected chi connectivity index (χ1v) is 8.45. The summed E-state index contributed by atoms with van der Waals surface area (Å²) in [5.41, 5.74) is 10.9. The van der Waals surface area contributed by atoms with Crippen LogP contribution in [0.2, 0.25) is 0 Å². The van der Waals surface area contributed by atoms with Crippen molar-refractivity contribution in [3.05, 3.63) is 0 Å². The van der Waals surface area contributed by atoms with Gasteiger partial charge in [0.15, 0.2) is 5.78 Å². The maximum absolute atomic E-state index is 12.1. The number of ketones is 1. The van der Waals surface area contributed by atoms with Crippen LogP contribution in [-0.2, 0) is 9.59 Å². The zero-order valence-corrected chi connectivity index (χ0v) is 14.8. The van der Waals surface area contributed by atoms with Crippen molar-refractivity contribution >= 4 is 11.7 Å². The van der Waals surface area contributed by atoms with Crippen LogP contribution >= 0.6 is 0 Å². The quantitative estimate of drug-likeness (QED) is 0.400. The first-order chi connectivity index (χ1) is 10.6. The van der Waals surface area contributed by atoms with Gasteiger partial charge in [0.05, 0.1) is 12.1 Å². The molecule has 0 spiro atoms. The van der Waals surface area contributed by atoms with E-state index in [2.05, 4.69) is 10.6 Å². The van der Waals surface area contributed by atoms with Crippen LogP contribution < -0.4 is 22.1 Å². The topological polar surface area (TPSA) is 110 Å². The zero-order chi connectivity index (χ0) is 17.4. The Kier molecular flexibility index (Phi) is 17.4. The summed E-state index contributed by atoms with van der Waals surface area (Å²) in [6.45, 7) is 6.75. The number of Topliss-reactive ketones (excluding diaryl/α,β-unsaturated/α-hetero) is 1. The number of hydrogen-bond donors (Lipinski definition) is 4. The number of carbonyl (C=O) groups excluding carboxylic acids is 2. The molecule has 0 saturated carbocycles. The molecule has 6 nitrogen and oxygen atoms in total. The van der Waals surface area contributed by atoms with Crippen LogP contribution in [0.15, 0.2) is 0 Å². The summed E-state index contributed by atoms with van der Waals surface area (Å²) in [5.74, 6) is -0.121. The van der Waals surface area contributed by atoms with Crippen LogP contribution in [0, 0.1) is 0 Å². The van der Waals surface area contributed by atoms with Crippen molar-refractivity contribution in [2.75, 3.05) is 20.1 Å². The predicted molar refractivity (Wildman–Crippen MR) is 92.6 cm³/mol. The normalized spacial score (nSPS) is 12.8. The zero-order valence-electron chi connectivity index (χ0n) is 14.8. The lowest BCUT2D eigenvalue weighted by Crippen LogP contribution is -2.49. The van der Waals surface area contributed by atoms with Gasteiger partial charge in [-0.25, -0.2) is 0 Å². The number of amides is 1. The van der Waals surface area contributed by atoms with Crippen molar-refractivity contribution in [2.24, 2.45) is 11.5 Å². The minimum atomic E-state index is -0.403. The Balaban J connectivity index is 0. The third kappa shape index (κ3) is 11.7. The average Bonchev–Trinajstić information content (AvgIpc) is 2.52. The summed E-state index contributed by atoms with van der Waals surface area (Å²) >= 11 is 0. The van der Waals surface area contributed by atoms with Gasteiger partial charge in [0.25, 0.3) is 0 Å². The minimum Gasteiger partial charge on any atom is -0.345 e. The fraction of sp³-hybridized carbons (Fsp3) is 0.875. The summed E-state index contributed by atoms with van der Waals surface area (Å²) < 4.78 is 0. The molecule has 0 aliphatic heterocycles. The van der Waals surface area contributed by atoms with E-state index in [1.165, 1.54) is 6.92 Å². The Labute approximate surface area is 135 Å². The molecule has 0 aromatic rings. The maximum Gasteiger partial charge on any atom is 0.237 e. The Morgan fingerprint density at radius 3 is 1.73 bits per heavy atom. The highest BCUT2D eigenvalue weighted by Crippen LogP contribution is 2.05. The smallest absolute Gasteiger partial charge is 0.237 e. The van der Waals surface area contributed by atoms with Gasteiger partial charge in [0, 0.05) is 0 Å². The molecule has 1 amide bonds. The first kappa shape index (κ1) is 23.3. The van der Waals surface area contributed by atoms with E-state index in [0.29, 0.717) is 19.5 Å². The Morgan fingerprint density at radius 1 is 0.909 bits per heavy atom. The number of unbranched alkanes of at least 4 members (excludes halogenated alkanes) is 2. The fourth-order valence-electron chi connectivity index (χ4n) is 2.04. The monoisotopic (exact) mass is 316 g/mol. The molecule has 2 atom stereocenters. The molecule has 0 fully saturated rings. The van der Waals surface area contributed by atoms with Crippen LogP contribution in [0.25, 0.3) is 0 Å². The second kappa shape index (κ2) is 16.4. The molecule has 132 valence electrons. The summed E-state index contributed by atoms with van der Waals surface area (Å²) in [7, 11) is 1.75. The van der Waals surface area contributed by atoms with Crippen molar-refractivity contribution in [3.63, 3.8) is 0 Å². The SMILES string of the molecule is CC.CNC(CCCCN)C(=O)NC(CCCCN)C(C)=O. The van der Waals surface area contributed by atoms with Crippen LogP contribution in [-0.4, -0.2) is 43.9 Å². The predicted octanol–water partition coefficient (Wildman–Crippen LogP) is 0.932. The van der Waals surface area contributed by atoms with Gasteiger partial charge in [-0.2, -0.15) is 0 Å². The molecule has 22 heavy (non-hydrogen) atoms. The van der Waals surface area contributed by atoms with E-state index in [0.717, 1.165) is 32.1 Å². The van der Waals surface area contributed by atoms with E-state index in [9.17, 15) is 9.59 Å². The number of nitrogens with two attached hydrogens (primary N) is 2. The second-order valence-electron chi connectivity index (χ2n) is 5.08. The van der Waals surface area contributed by atoms with Gasteiger partial charge in [0.2, 0.25) is 5.91 Å². The first-order valence-electron chi connectivity index (χ1n) is 8.45. The van der Waals surface area contributed by atoms with Gasteiger partial charge in [0.1, 0.15) is 0 Å². The molecular weight excluding hydrogens is 280 g/mol. The average molecular weight is 316 g/mol. The van der Waals surface area contributed by atoms with E-state index in [-0.39, 0.29) is 17.7 Å². The number of carbonyl (C=O) groups is 2. The van der Waals surface area contributed by atoms with Gasteiger partial charge in [-0.15, -0.1) is 0 Å². The Bertz CT molecular complexity index is 285. The van der Waals surface area contributed by atoms with Crippen molar-refractivity contribution in [3.8, 4) is 0 Å². The lowest BCUT2D eigenvalue weighted by Gasteiger charge is -2.21. The van der Waals surface area contributed by atoms with Gasteiger partial charge >= 0.3 is 0 Å². The van der Waals surface area contributed by atoms with Crippen LogP contribution in [0.4, 0.5) is 0 Å². The molecule has 0 bridgehead atoms. The van der Waals surface area contributed by atoms with E-state index in [1.54, 1.807) is 7.05 Å². The summed E-state index contributed by atoms with van der Waals surface area (Å²) in [6.07, 6.45) is 4.89. The fourth-order valence-corrected chi connectivity index (χ4v) is 2.04. The highest BCUT2D eigenvalue weighted by molar-refractivity contribution is 5.89. The molecule has 0 aromatic heterocycles. The van der Waals surface area contributed by atoms with Gasteiger partial charge < -0.3 is 22.1 Å². The molecule has 6 heteroatoms. The van der Waals surface area contributed by atoms with Crippen LogP contribution in [0.3, 0.4) is 0 Å². The molecule has 0 aromatic carbocycles. The van der Waals surface area contributed by atoms with Gasteiger partial charge in [-0.1, -0.05) is 20.3 Å². The molecule has 0 aliphatic carbocycles. The molecule has 0 rings (SSSR count). The molecule has 2 unspecified atom stereocenters. The van der Waals surface area contributed by atoms with Gasteiger partial charge in [-0.05, 0) is 59.2 Å². The van der Waals surface area contributed by atoms with Crippen LogP contribution in [0.5, 0.6) is 0 Å². The molecular formula is C16H36N4O2. The Hall–Kier alpha value is -0.980. The highest BCUT2D eigenvalue weighted by Gasteiger charge is 2.21. The summed E-state index contributed by atoms with van der Waals surface area (Å²) in [4.78, 5) is 23.7. The lowest BCUT2D eigenvalue weighted by atomic mass is 10.0. The number of hydrogen-bond acceptors (Lipinski definition) is 5. The molecule has 6 N–H and O–H groups in total. The van der Waals surface area contributed by atoms with Crippen molar-refractivity contribution in [1.29, 1.82) is 0 Å². The van der Waals surface area contributed by atoms with E-state index in [4.69, 9.17) is 11.5 Å². The number of rotatable bonds is 12. The standard InChI is InChI=1S/C14H30N4O2.C2H6/c1-11(19)12(7-3-5-9-15)18-14(20)13(17-2)8-4-6-10-16;1-2/h12-13,17H,3-10,15-16H2,1-2H3,(H,18,20);1-2H3. The maximum atomic E-state index is 12.1. The summed E-state index contributed by atoms with van der Waals surface area (Å²) in [5, 5.41) is 5.82. The Morgan fingerprint density at radius 2 is 1.36 bits per heavy atom. The van der Waals surface area contributed by atoms with Crippen molar-refractivity contribution in [1.82, 2.24) is 10.6 Å². The van der Waals surface area contributed by atoms with Crippen molar-refractivity contribution < 1.29 is 9.59 Å². The molecule has 0 heterocycles. The van der Waals surface area contributed by atoms with E-state index < -0.39 is 6.04 Å². The van der Waals surface area contributed by atoms with Crippen molar-refractivity contribution in [2.45, 2.75) is 71.4 Å². The highest BCUT2D eigenvalue weighted by atomic mass is 16.2. The molecule has 0 radical (unpaired) electrons. The molecule has 0 aliphatic rings. The van der Waals surface area contributed by atoms with E-state index >= 15 is 0 Å². The minimum absolute atomic E-state index is 0.00724. The van der Waals surface area contributed by atoms with E-state index in [1.807, 2.05) is 13.8 Å². The number of nitrogens with one attached hydrogen (secondary N) is 2.